The molecule has 0 amide bonds. The summed E-state index contributed by atoms with van der Waals surface area (Å²) in [4.78, 5) is 11.7. The van der Waals surface area contributed by atoms with Crippen LogP contribution in [-0.2, 0) is 4.79 Å². The van der Waals surface area contributed by atoms with E-state index in [1.807, 2.05) is 24.3 Å². The van der Waals surface area contributed by atoms with Gasteiger partial charge in [-0.1, -0.05) is 40.5 Å². The van der Waals surface area contributed by atoms with Crippen molar-refractivity contribution < 1.29 is 9.90 Å². The second-order valence-electron chi connectivity index (χ2n) is 4.28. The third-order valence-electron chi connectivity index (χ3n) is 3.21. The van der Waals surface area contributed by atoms with Crippen LogP contribution in [0.5, 0.6) is 0 Å². The average molecular weight is 283 g/mol. The number of carbonyl (C=O) groups is 1. The summed E-state index contributed by atoms with van der Waals surface area (Å²) in [5, 5.41) is 10.2. The number of hydrogen-bond donors (Lipinski definition) is 1. The van der Waals surface area contributed by atoms with Crippen LogP contribution in [0.4, 0.5) is 0 Å². The Bertz CT molecular complexity index is 389. The van der Waals surface area contributed by atoms with Crippen LogP contribution in [-0.4, -0.2) is 10.9 Å². The van der Waals surface area contributed by atoms with Crippen LogP contribution in [0, 0.1) is 5.92 Å². The Labute approximate surface area is 104 Å². The minimum atomic E-state index is -0.664. The summed E-state index contributed by atoms with van der Waals surface area (Å²) in [5.74, 6) is -0.0121. The summed E-state index contributed by atoms with van der Waals surface area (Å²) in [6.07, 6.45) is 2.77. The van der Waals surface area contributed by atoms with Gasteiger partial charge in [0.25, 0.3) is 0 Å². The second-order valence-corrected chi connectivity index (χ2v) is 5.14. The van der Waals surface area contributed by atoms with E-state index in [-0.39, 0.29) is 11.7 Å². The summed E-state index contributed by atoms with van der Waals surface area (Å²) in [5.41, 5.74) is 0.822. The number of carbonyl (C=O) groups excluding carboxylic acids is 1. The average Bonchev–Trinajstić information content (AvgIpc) is 2.29. The first-order chi connectivity index (χ1) is 7.70. The predicted molar refractivity (Wildman–Crippen MR) is 66.1 cm³/mol. The number of ketones is 1. The molecule has 0 aliphatic heterocycles. The zero-order chi connectivity index (χ0) is 11.5. The Morgan fingerprint density at radius 1 is 1.31 bits per heavy atom. The maximum absolute atomic E-state index is 11.7. The first kappa shape index (κ1) is 11.8. The molecule has 0 aromatic heterocycles. The van der Waals surface area contributed by atoms with Gasteiger partial charge in [0.15, 0.2) is 0 Å². The highest BCUT2D eigenvalue weighted by Gasteiger charge is 2.30. The maximum Gasteiger partial charge on any atom is 0.138 e. The quantitative estimate of drug-likeness (QED) is 0.904. The van der Waals surface area contributed by atoms with Crippen LogP contribution in [0.25, 0.3) is 0 Å². The van der Waals surface area contributed by atoms with Gasteiger partial charge in [0.2, 0.25) is 0 Å². The zero-order valence-corrected chi connectivity index (χ0v) is 10.6. The van der Waals surface area contributed by atoms with E-state index in [9.17, 15) is 9.90 Å². The fourth-order valence-corrected chi connectivity index (χ4v) is 2.79. The molecule has 0 unspecified atom stereocenters. The van der Waals surface area contributed by atoms with Crippen molar-refractivity contribution >= 4 is 21.7 Å². The van der Waals surface area contributed by atoms with Crippen LogP contribution in [0.1, 0.15) is 37.4 Å². The van der Waals surface area contributed by atoms with E-state index in [1.54, 1.807) is 0 Å². The first-order valence-electron chi connectivity index (χ1n) is 5.65. The highest BCUT2D eigenvalue weighted by atomic mass is 79.9. The van der Waals surface area contributed by atoms with Crippen molar-refractivity contribution in [1.82, 2.24) is 0 Å². The van der Waals surface area contributed by atoms with Crippen LogP contribution in [0.15, 0.2) is 28.7 Å². The summed E-state index contributed by atoms with van der Waals surface area (Å²) < 4.78 is 0.876. The zero-order valence-electron chi connectivity index (χ0n) is 9.03. The van der Waals surface area contributed by atoms with E-state index in [2.05, 4.69) is 15.9 Å². The van der Waals surface area contributed by atoms with Crippen LogP contribution >= 0.6 is 15.9 Å². The standard InChI is InChI=1S/C13H15BrO2/c14-11-7-3-1-5-9(11)13(16)10-6-2-4-8-12(10)15/h1,3,5,7,10,13,16H,2,4,6,8H2/t10-,13+/m0/s1. The topological polar surface area (TPSA) is 37.3 Å². The molecule has 86 valence electrons. The van der Waals surface area contributed by atoms with Gasteiger partial charge < -0.3 is 5.11 Å². The Hall–Kier alpha value is -0.670. The number of halogens is 1. The van der Waals surface area contributed by atoms with Gasteiger partial charge in [0.1, 0.15) is 5.78 Å². The van der Waals surface area contributed by atoms with E-state index in [4.69, 9.17) is 0 Å². The molecule has 1 aromatic rings. The molecule has 0 spiro atoms. The predicted octanol–water partition coefficient (Wildman–Crippen LogP) is 3.24. The largest absolute Gasteiger partial charge is 0.388 e. The molecule has 0 radical (unpaired) electrons. The number of rotatable bonds is 2. The Balaban J connectivity index is 2.21. The Morgan fingerprint density at radius 2 is 2.06 bits per heavy atom. The van der Waals surface area contributed by atoms with Crippen molar-refractivity contribution in [2.75, 3.05) is 0 Å². The number of aliphatic hydroxyl groups excluding tert-OH is 1. The molecule has 1 aliphatic rings. The summed E-state index contributed by atoms with van der Waals surface area (Å²) in [6, 6.07) is 7.56. The van der Waals surface area contributed by atoms with E-state index >= 15 is 0 Å². The van der Waals surface area contributed by atoms with Crippen molar-refractivity contribution in [3.8, 4) is 0 Å². The van der Waals surface area contributed by atoms with Crippen molar-refractivity contribution in [3.63, 3.8) is 0 Å². The Kier molecular flexibility index (Phi) is 3.77. The van der Waals surface area contributed by atoms with Gasteiger partial charge in [0.05, 0.1) is 6.10 Å². The molecule has 0 heterocycles. The molecule has 2 rings (SSSR count). The lowest BCUT2D eigenvalue weighted by atomic mass is 9.82. The van der Waals surface area contributed by atoms with Crippen LogP contribution in [0.3, 0.4) is 0 Å². The molecule has 1 aliphatic carbocycles. The molecule has 1 N–H and O–H groups in total. The highest BCUT2D eigenvalue weighted by molar-refractivity contribution is 9.10. The van der Waals surface area contributed by atoms with Crippen molar-refractivity contribution in [1.29, 1.82) is 0 Å². The minimum Gasteiger partial charge on any atom is -0.388 e. The van der Waals surface area contributed by atoms with E-state index in [0.717, 1.165) is 29.3 Å². The van der Waals surface area contributed by atoms with Gasteiger partial charge in [-0.15, -0.1) is 0 Å². The number of hydrogen-bond acceptors (Lipinski definition) is 2. The SMILES string of the molecule is O=C1CCCC[C@@H]1[C@H](O)c1ccccc1Br. The fourth-order valence-electron chi connectivity index (χ4n) is 2.28. The number of Topliss-reactive ketones (excluding diaryl/α,β-unsaturated/α-hetero) is 1. The lowest BCUT2D eigenvalue weighted by molar-refractivity contribution is -0.128. The van der Waals surface area contributed by atoms with Gasteiger partial charge in [-0.2, -0.15) is 0 Å². The molecule has 16 heavy (non-hydrogen) atoms. The van der Waals surface area contributed by atoms with Gasteiger partial charge in [-0.3, -0.25) is 4.79 Å². The molecule has 3 heteroatoms. The van der Waals surface area contributed by atoms with Gasteiger partial charge in [-0.05, 0) is 24.5 Å². The Morgan fingerprint density at radius 3 is 2.75 bits per heavy atom. The minimum absolute atomic E-state index is 0.203. The lowest BCUT2D eigenvalue weighted by Gasteiger charge is -2.26. The van der Waals surface area contributed by atoms with Crippen LogP contribution in [0.2, 0.25) is 0 Å². The van der Waals surface area contributed by atoms with Crippen molar-refractivity contribution in [3.05, 3.63) is 34.3 Å². The number of benzene rings is 1. The summed E-state index contributed by atoms with van der Waals surface area (Å²) >= 11 is 3.41. The molecule has 1 fully saturated rings. The molecular weight excluding hydrogens is 268 g/mol. The van der Waals surface area contributed by atoms with Gasteiger partial charge in [0, 0.05) is 16.8 Å². The molecule has 0 bridgehead atoms. The van der Waals surface area contributed by atoms with E-state index < -0.39 is 6.10 Å². The number of aliphatic hydroxyl groups is 1. The monoisotopic (exact) mass is 282 g/mol. The third-order valence-corrected chi connectivity index (χ3v) is 3.93. The first-order valence-corrected chi connectivity index (χ1v) is 6.44. The third kappa shape index (κ3) is 2.36. The highest BCUT2D eigenvalue weighted by Crippen LogP contribution is 2.34. The van der Waals surface area contributed by atoms with Crippen molar-refractivity contribution in [2.24, 2.45) is 5.92 Å². The normalized spacial score (nSPS) is 23.1. The lowest BCUT2D eigenvalue weighted by Crippen LogP contribution is -2.25. The fraction of sp³-hybridized carbons (Fsp3) is 0.462. The molecule has 0 saturated heterocycles. The van der Waals surface area contributed by atoms with Gasteiger partial charge in [-0.25, -0.2) is 0 Å². The maximum atomic E-state index is 11.7. The molecule has 2 nitrogen and oxygen atoms in total. The van der Waals surface area contributed by atoms with E-state index in [0.29, 0.717) is 6.42 Å². The summed E-state index contributed by atoms with van der Waals surface area (Å²) in [7, 11) is 0. The molecular formula is C13H15BrO2. The van der Waals surface area contributed by atoms with Crippen molar-refractivity contribution in [2.45, 2.75) is 31.8 Å². The van der Waals surface area contributed by atoms with Gasteiger partial charge >= 0.3 is 0 Å². The van der Waals surface area contributed by atoms with Crippen LogP contribution < -0.4 is 0 Å². The second kappa shape index (κ2) is 5.11. The van der Waals surface area contributed by atoms with E-state index in [1.165, 1.54) is 0 Å². The molecule has 1 aromatic carbocycles. The smallest absolute Gasteiger partial charge is 0.138 e. The molecule has 2 atom stereocenters. The molecule has 1 saturated carbocycles. The summed E-state index contributed by atoms with van der Waals surface area (Å²) in [6.45, 7) is 0.